The van der Waals surface area contributed by atoms with E-state index >= 15 is 0 Å². The average molecular weight is 374 g/mol. The predicted molar refractivity (Wildman–Crippen MR) is 96.4 cm³/mol. The van der Waals surface area contributed by atoms with E-state index in [-0.39, 0.29) is 24.2 Å². The van der Waals surface area contributed by atoms with Crippen LogP contribution in [0, 0.1) is 5.92 Å². The Hall–Kier alpha value is -2.94. The number of nitrogens with zero attached hydrogens (tertiary/aromatic N) is 1. The standard InChI is InChI=1S/C18H22N4O5/c1-10(17(25)21-18(19)26)22-6-4-11(5-7-22)16(24)12-2-3-14-13(8-12)20-15(23)9-27-14/h2-3,8,10-11H,4-7,9H2,1H3,(H,20,23)(H3,19,21,25,26)/t10-/m0/s1. The van der Waals surface area contributed by atoms with E-state index in [1.54, 1.807) is 25.1 Å². The van der Waals surface area contributed by atoms with Crippen LogP contribution in [-0.4, -0.2) is 54.3 Å². The second-order valence-corrected chi connectivity index (χ2v) is 6.75. The lowest BCUT2D eigenvalue weighted by Gasteiger charge is -2.34. The van der Waals surface area contributed by atoms with Gasteiger partial charge in [0.2, 0.25) is 5.91 Å². The van der Waals surface area contributed by atoms with Crippen LogP contribution in [-0.2, 0) is 9.59 Å². The first-order valence-corrected chi connectivity index (χ1v) is 8.80. The van der Waals surface area contributed by atoms with Crippen molar-refractivity contribution in [3.05, 3.63) is 23.8 Å². The summed E-state index contributed by atoms with van der Waals surface area (Å²) >= 11 is 0. The van der Waals surface area contributed by atoms with Crippen molar-refractivity contribution < 1.29 is 23.9 Å². The van der Waals surface area contributed by atoms with Gasteiger partial charge in [0, 0.05) is 11.5 Å². The van der Waals surface area contributed by atoms with Crippen molar-refractivity contribution in [2.24, 2.45) is 11.7 Å². The van der Waals surface area contributed by atoms with Gasteiger partial charge in [-0.05, 0) is 51.1 Å². The van der Waals surface area contributed by atoms with Gasteiger partial charge in [-0.3, -0.25) is 24.6 Å². The number of imide groups is 1. The van der Waals surface area contributed by atoms with Crippen molar-refractivity contribution in [1.29, 1.82) is 0 Å². The first kappa shape index (κ1) is 18.8. The highest BCUT2D eigenvalue weighted by Crippen LogP contribution is 2.31. The van der Waals surface area contributed by atoms with Crippen molar-refractivity contribution >= 4 is 29.3 Å². The van der Waals surface area contributed by atoms with E-state index in [2.05, 4.69) is 10.6 Å². The zero-order chi connectivity index (χ0) is 19.6. The predicted octanol–water partition coefficient (Wildman–Crippen LogP) is 0.496. The molecule has 0 aliphatic carbocycles. The topological polar surface area (TPSA) is 131 Å². The number of Topliss-reactive ketones (excluding diaryl/α,β-unsaturated/α-hetero) is 1. The molecule has 1 saturated heterocycles. The Bertz CT molecular complexity index is 786. The summed E-state index contributed by atoms with van der Waals surface area (Å²) < 4.78 is 5.31. The van der Waals surface area contributed by atoms with Gasteiger partial charge >= 0.3 is 6.03 Å². The maximum atomic E-state index is 12.8. The third-order valence-electron chi connectivity index (χ3n) is 4.97. The Kier molecular flexibility index (Phi) is 5.41. The first-order valence-electron chi connectivity index (χ1n) is 8.80. The van der Waals surface area contributed by atoms with Gasteiger partial charge in [0.05, 0.1) is 11.7 Å². The summed E-state index contributed by atoms with van der Waals surface area (Å²) in [5.74, 6) is -0.297. The van der Waals surface area contributed by atoms with E-state index in [4.69, 9.17) is 10.5 Å². The molecule has 0 spiro atoms. The Labute approximate surface area is 156 Å². The lowest BCUT2D eigenvalue weighted by molar-refractivity contribution is -0.125. The molecule has 1 aromatic carbocycles. The van der Waals surface area contributed by atoms with Crippen molar-refractivity contribution in [2.45, 2.75) is 25.8 Å². The number of likely N-dealkylation sites (tertiary alicyclic amines) is 1. The summed E-state index contributed by atoms with van der Waals surface area (Å²) in [6.45, 7) is 2.80. The molecule has 2 aliphatic heterocycles. The van der Waals surface area contributed by atoms with Crippen LogP contribution in [0.1, 0.15) is 30.1 Å². The third-order valence-corrected chi connectivity index (χ3v) is 4.97. The Morgan fingerprint density at radius 2 is 2.00 bits per heavy atom. The minimum Gasteiger partial charge on any atom is -0.482 e. The molecule has 0 aromatic heterocycles. The number of fused-ring (bicyclic) bond motifs is 1. The molecule has 9 heteroatoms. The van der Waals surface area contributed by atoms with Gasteiger partial charge in [0.1, 0.15) is 5.75 Å². The van der Waals surface area contributed by atoms with Gasteiger partial charge in [-0.25, -0.2) is 4.79 Å². The van der Waals surface area contributed by atoms with Crippen molar-refractivity contribution in [2.75, 3.05) is 25.0 Å². The number of carbonyl (C=O) groups excluding carboxylic acids is 4. The van der Waals surface area contributed by atoms with Crippen LogP contribution >= 0.6 is 0 Å². The molecule has 3 rings (SSSR count). The number of nitrogens with one attached hydrogen (secondary N) is 2. The monoisotopic (exact) mass is 374 g/mol. The van der Waals surface area contributed by atoms with E-state index < -0.39 is 18.0 Å². The fraction of sp³-hybridized carbons (Fsp3) is 0.444. The highest BCUT2D eigenvalue weighted by Gasteiger charge is 2.31. The van der Waals surface area contributed by atoms with Gasteiger partial charge in [-0.15, -0.1) is 0 Å². The summed E-state index contributed by atoms with van der Waals surface area (Å²) in [7, 11) is 0. The van der Waals surface area contributed by atoms with Crippen LogP contribution in [0.15, 0.2) is 18.2 Å². The molecular formula is C18H22N4O5. The smallest absolute Gasteiger partial charge is 0.318 e. The van der Waals surface area contributed by atoms with E-state index in [0.717, 1.165) is 0 Å². The molecule has 4 N–H and O–H groups in total. The quantitative estimate of drug-likeness (QED) is 0.658. The van der Waals surface area contributed by atoms with Crippen LogP contribution in [0.2, 0.25) is 0 Å². The van der Waals surface area contributed by atoms with E-state index in [1.165, 1.54) is 0 Å². The van der Waals surface area contributed by atoms with Crippen molar-refractivity contribution in [3.63, 3.8) is 0 Å². The molecule has 0 saturated carbocycles. The number of ketones is 1. The molecule has 2 heterocycles. The number of rotatable bonds is 4. The zero-order valence-electron chi connectivity index (χ0n) is 15.0. The minimum absolute atomic E-state index is 0.00603. The molecule has 1 fully saturated rings. The summed E-state index contributed by atoms with van der Waals surface area (Å²) in [5, 5.41) is 4.78. The number of piperidine rings is 1. The molecule has 9 nitrogen and oxygen atoms in total. The number of hydrogen-bond acceptors (Lipinski definition) is 6. The third kappa shape index (κ3) is 4.25. The largest absolute Gasteiger partial charge is 0.482 e. The van der Waals surface area contributed by atoms with Gasteiger partial charge in [-0.2, -0.15) is 0 Å². The Morgan fingerprint density at radius 3 is 2.67 bits per heavy atom. The van der Waals surface area contributed by atoms with Crippen LogP contribution in [0.3, 0.4) is 0 Å². The van der Waals surface area contributed by atoms with Crippen LogP contribution in [0.25, 0.3) is 0 Å². The van der Waals surface area contributed by atoms with Crippen LogP contribution in [0.5, 0.6) is 5.75 Å². The minimum atomic E-state index is -0.875. The first-order chi connectivity index (χ1) is 12.8. The molecule has 0 unspecified atom stereocenters. The SMILES string of the molecule is C[C@@H](C(=O)NC(N)=O)N1CCC(C(=O)c2ccc3c(c2)NC(=O)CO3)CC1. The summed E-state index contributed by atoms with van der Waals surface area (Å²) in [6.07, 6.45) is 1.21. The normalized spacial score (nSPS) is 18.6. The average Bonchev–Trinajstić information content (AvgIpc) is 2.65. The van der Waals surface area contributed by atoms with Gasteiger partial charge in [0.15, 0.2) is 12.4 Å². The number of carbonyl (C=O) groups is 4. The fourth-order valence-corrected chi connectivity index (χ4v) is 3.41. The van der Waals surface area contributed by atoms with Crippen LogP contribution in [0.4, 0.5) is 10.5 Å². The molecule has 144 valence electrons. The van der Waals surface area contributed by atoms with Gasteiger partial charge < -0.3 is 15.8 Å². The lowest BCUT2D eigenvalue weighted by atomic mass is 9.88. The fourth-order valence-electron chi connectivity index (χ4n) is 3.41. The van der Waals surface area contributed by atoms with E-state index in [1.807, 2.05) is 4.90 Å². The number of primary amides is 1. The Morgan fingerprint density at radius 1 is 1.30 bits per heavy atom. The molecule has 0 radical (unpaired) electrons. The summed E-state index contributed by atoms with van der Waals surface area (Å²) in [4.78, 5) is 48.9. The number of nitrogens with two attached hydrogens (primary N) is 1. The summed E-state index contributed by atoms with van der Waals surface area (Å²) in [5.41, 5.74) is 6.01. The molecule has 4 amide bonds. The molecule has 0 bridgehead atoms. The van der Waals surface area contributed by atoms with Crippen molar-refractivity contribution in [3.8, 4) is 5.75 Å². The summed E-state index contributed by atoms with van der Waals surface area (Å²) in [6, 6.07) is 3.66. The number of hydrogen-bond donors (Lipinski definition) is 3. The number of benzene rings is 1. The zero-order valence-corrected chi connectivity index (χ0v) is 15.0. The molecular weight excluding hydrogens is 352 g/mol. The maximum absolute atomic E-state index is 12.8. The number of anilines is 1. The highest BCUT2D eigenvalue weighted by molar-refractivity contribution is 6.01. The number of amides is 4. The van der Waals surface area contributed by atoms with E-state index in [0.29, 0.717) is 42.9 Å². The molecule has 1 atom stereocenters. The maximum Gasteiger partial charge on any atom is 0.318 e. The van der Waals surface area contributed by atoms with Gasteiger partial charge in [0.25, 0.3) is 5.91 Å². The Balaban J connectivity index is 1.60. The molecule has 1 aromatic rings. The second-order valence-electron chi connectivity index (χ2n) is 6.75. The second kappa shape index (κ2) is 7.75. The number of urea groups is 1. The van der Waals surface area contributed by atoms with E-state index in [9.17, 15) is 19.2 Å². The lowest BCUT2D eigenvalue weighted by Crippen LogP contribution is -2.51. The molecule has 2 aliphatic rings. The van der Waals surface area contributed by atoms with Gasteiger partial charge in [-0.1, -0.05) is 0 Å². The molecule has 27 heavy (non-hydrogen) atoms. The number of ether oxygens (including phenoxy) is 1. The highest BCUT2D eigenvalue weighted by atomic mass is 16.5. The van der Waals surface area contributed by atoms with Crippen molar-refractivity contribution in [1.82, 2.24) is 10.2 Å². The van der Waals surface area contributed by atoms with Crippen LogP contribution < -0.4 is 21.1 Å².